The van der Waals surface area contributed by atoms with Crippen molar-refractivity contribution in [3.8, 4) is 0 Å². The van der Waals surface area contributed by atoms with E-state index in [-0.39, 0.29) is 18.5 Å². The molecular formula is C18H24F3NO4. The number of nitrogens with one attached hydrogen (secondary N) is 1. The average Bonchev–Trinajstić information content (AvgIpc) is 2.47. The average molecular weight is 375 g/mol. The van der Waals surface area contributed by atoms with Gasteiger partial charge in [0, 0.05) is 6.54 Å². The number of benzene rings is 1. The molecule has 0 spiro atoms. The fourth-order valence-corrected chi connectivity index (χ4v) is 2.43. The second-order valence-electron chi connectivity index (χ2n) is 7.22. The highest BCUT2D eigenvalue weighted by Gasteiger charge is 2.26. The van der Waals surface area contributed by atoms with Crippen molar-refractivity contribution in [3.63, 3.8) is 0 Å². The number of alkyl carbamates (subject to hydrolysis) is 1. The van der Waals surface area contributed by atoms with E-state index < -0.39 is 47.0 Å². The van der Waals surface area contributed by atoms with Crippen LogP contribution in [0.3, 0.4) is 0 Å². The molecule has 1 aromatic rings. The lowest BCUT2D eigenvalue weighted by Crippen LogP contribution is -2.34. The van der Waals surface area contributed by atoms with Crippen molar-refractivity contribution in [3.05, 3.63) is 35.1 Å². The fraction of sp³-hybridized carbons (Fsp3) is 0.556. The SMILES string of the molecule is CC(CCNC(=O)OC(C)(C)C)C(Cc1cc(F)c(F)c(F)c1)C(=O)O. The summed E-state index contributed by atoms with van der Waals surface area (Å²) in [6.45, 7) is 7.00. The Hall–Kier alpha value is -2.25. The molecule has 0 aliphatic heterocycles. The van der Waals surface area contributed by atoms with Gasteiger partial charge in [0.25, 0.3) is 0 Å². The number of hydrogen-bond donors (Lipinski definition) is 2. The minimum atomic E-state index is -1.59. The maximum Gasteiger partial charge on any atom is 0.407 e. The molecule has 0 saturated heterocycles. The number of aliphatic carboxylic acids is 1. The van der Waals surface area contributed by atoms with Crippen LogP contribution in [0, 0.1) is 29.3 Å². The summed E-state index contributed by atoms with van der Waals surface area (Å²) in [6.07, 6.45) is -0.446. The zero-order valence-corrected chi connectivity index (χ0v) is 15.2. The zero-order valence-electron chi connectivity index (χ0n) is 15.2. The molecule has 146 valence electrons. The number of amides is 1. The molecule has 0 fully saturated rings. The van der Waals surface area contributed by atoms with Crippen molar-refractivity contribution in [2.45, 2.75) is 46.1 Å². The Labute approximate surface area is 150 Å². The van der Waals surface area contributed by atoms with E-state index in [1.807, 2.05) is 0 Å². The Morgan fingerprint density at radius 2 is 1.73 bits per heavy atom. The highest BCUT2D eigenvalue weighted by molar-refractivity contribution is 5.71. The van der Waals surface area contributed by atoms with Gasteiger partial charge in [-0.15, -0.1) is 0 Å². The van der Waals surface area contributed by atoms with Crippen molar-refractivity contribution < 1.29 is 32.6 Å². The standard InChI is InChI=1S/C18H24F3NO4/c1-10(5-6-22-17(25)26-18(2,3)4)12(16(23)24)7-11-8-13(19)15(21)14(20)9-11/h8-10,12H,5-7H2,1-4H3,(H,22,25)(H,23,24). The van der Waals surface area contributed by atoms with Gasteiger partial charge in [0.15, 0.2) is 17.5 Å². The second-order valence-corrected chi connectivity index (χ2v) is 7.22. The maximum absolute atomic E-state index is 13.3. The topological polar surface area (TPSA) is 75.6 Å². The minimum Gasteiger partial charge on any atom is -0.481 e. The van der Waals surface area contributed by atoms with Gasteiger partial charge < -0.3 is 15.2 Å². The summed E-state index contributed by atoms with van der Waals surface area (Å²) in [7, 11) is 0. The molecule has 5 nitrogen and oxygen atoms in total. The third-order valence-electron chi connectivity index (χ3n) is 3.77. The van der Waals surface area contributed by atoms with E-state index in [4.69, 9.17) is 4.74 Å². The first kappa shape index (κ1) is 21.8. The lowest BCUT2D eigenvalue weighted by atomic mass is 9.86. The Bertz CT molecular complexity index is 635. The van der Waals surface area contributed by atoms with Crippen LogP contribution < -0.4 is 5.32 Å². The summed E-state index contributed by atoms with van der Waals surface area (Å²) < 4.78 is 44.7. The van der Waals surface area contributed by atoms with Crippen LogP contribution >= 0.6 is 0 Å². The Balaban J connectivity index is 2.66. The van der Waals surface area contributed by atoms with Gasteiger partial charge in [0.05, 0.1) is 5.92 Å². The van der Waals surface area contributed by atoms with Gasteiger partial charge in [0.2, 0.25) is 0 Å². The van der Waals surface area contributed by atoms with Gasteiger partial charge in [-0.25, -0.2) is 18.0 Å². The first-order chi connectivity index (χ1) is 11.9. The normalized spacial score (nSPS) is 13.8. The number of rotatable bonds is 7. The number of carboxylic acids is 1. The highest BCUT2D eigenvalue weighted by Crippen LogP contribution is 2.23. The number of carbonyl (C=O) groups excluding carboxylic acids is 1. The van der Waals surface area contributed by atoms with Crippen molar-refractivity contribution in [2.24, 2.45) is 11.8 Å². The first-order valence-electron chi connectivity index (χ1n) is 8.23. The van der Waals surface area contributed by atoms with Crippen molar-refractivity contribution >= 4 is 12.1 Å². The first-order valence-corrected chi connectivity index (χ1v) is 8.23. The van der Waals surface area contributed by atoms with E-state index in [2.05, 4.69) is 5.32 Å². The summed E-state index contributed by atoms with van der Waals surface area (Å²) >= 11 is 0. The number of carboxylic acid groups (broad SMARTS) is 1. The highest BCUT2D eigenvalue weighted by atomic mass is 19.2. The molecular weight excluding hydrogens is 351 g/mol. The number of ether oxygens (including phenoxy) is 1. The third kappa shape index (κ3) is 6.93. The van der Waals surface area contributed by atoms with Gasteiger partial charge in [-0.1, -0.05) is 6.92 Å². The zero-order chi connectivity index (χ0) is 20.1. The lowest BCUT2D eigenvalue weighted by molar-refractivity contribution is -0.143. The van der Waals surface area contributed by atoms with Gasteiger partial charge in [-0.3, -0.25) is 4.79 Å². The van der Waals surface area contributed by atoms with E-state index >= 15 is 0 Å². The van der Waals surface area contributed by atoms with E-state index in [0.29, 0.717) is 6.42 Å². The maximum atomic E-state index is 13.3. The minimum absolute atomic E-state index is 0.0563. The van der Waals surface area contributed by atoms with Crippen LogP contribution in [0.4, 0.5) is 18.0 Å². The van der Waals surface area contributed by atoms with Crippen LogP contribution in [-0.2, 0) is 16.0 Å². The van der Waals surface area contributed by atoms with Crippen LogP contribution in [0.1, 0.15) is 39.7 Å². The molecule has 1 aromatic carbocycles. The Morgan fingerprint density at radius 3 is 2.19 bits per heavy atom. The van der Waals surface area contributed by atoms with E-state index in [1.165, 1.54) is 0 Å². The van der Waals surface area contributed by atoms with E-state index in [9.17, 15) is 27.9 Å². The number of halogens is 3. The van der Waals surface area contributed by atoms with Gasteiger partial charge in [0.1, 0.15) is 5.60 Å². The van der Waals surface area contributed by atoms with Gasteiger partial charge in [-0.05, 0) is 57.2 Å². The molecule has 0 heterocycles. The summed E-state index contributed by atoms with van der Waals surface area (Å²) in [4.78, 5) is 23.1. The summed E-state index contributed by atoms with van der Waals surface area (Å²) in [6, 6.07) is 1.58. The molecule has 0 bridgehead atoms. The molecule has 2 unspecified atom stereocenters. The molecule has 2 N–H and O–H groups in total. The van der Waals surface area contributed by atoms with Crippen molar-refractivity contribution in [2.75, 3.05) is 6.54 Å². The quantitative estimate of drug-likeness (QED) is 0.709. The van der Waals surface area contributed by atoms with Crippen molar-refractivity contribution in [1.29, 1.82) is 0 Å². The fourth-order valence-electron chi connectivity index (χ4n) is 2.43. The van der Waals surface area contributed by atoms with E-state index in [1.54, 1.807) is 27.7 Å². The molecule has 0 radical (unpaired) electrons. The second kappa shape index (κ2) is 8.91. The Morgan fingerprint density at radius 1 is 1.19 bits per heavy atom. The predicted molar refractivity (Wildman–Crippen MR) is 89.2 cm³/mol. The molecule has 1 rings (SSSR count). The number of hydrogen-bond acceptors (Lipinski definition) is 3. The smallest absolute Gasteiger partial charge is 0.407 e. The number of carbonyl (C=O) groups is 2. The monoisotopic (exact) mass is 375 g/mol. The lowest BCUT2D eigenvalue weighted by Gasteiger charge is -2.22. The molecule has 1 amide bonds. The van der Waals surface area contributed by atoms with Crippen LogP contribution in [0.15, 0.2) is 12.1 Å². The molecule has 0 saturated carbocycles. The van der Waals surface area contributed by atoms with Crippen LogP contribution in [0.5, 0.6) is 0 Å². The third-order valence-corrected chi connectivity index (χ3v) is 3.77. The van der Waals surface area contributed by atoms with Gasteiger partial charge in [-0.2, -0.15) is 0 Å². The summed E-state index contributed by atoms with van der Waals surface area (Å²) in [5, 5.41) is 11.9. The molecule has 0 aliphatic rings. The predicted octanol–water partition coefficient (Wildman–Crippen LogP) is 3.90. The molecule has 0 aliphatic carbocycles. The van der Waals surface area contributed by atoms with E-state index in [0.717, 1.165) is 12.1 Å². The van der Waals surface area contributed by atoms with Crippen LogP contribution in [-0.4, -0.2) is 29.3 Å². The largest absolute Gasteiger partial charge is 0.481 e. The summed E-state index contributed by atoms with van der Waals surface area (Å²) in [5.41, 5.74) is -0.587. The van der Waals surface area contributed by atoms with Gasteiger partial charge >= 0.3 is 12.1 Å². The summed E-state index contributed by atoms with van der Waals surface area (Å²) in [5.74, 6) is -6.79. The molecule has 8 heteroatoms. The Kier molecular flexibility index (Phi) is 7.47. The van der Waals surface area contributed by atoms with Crippen LogP contribution in [0.2, 0.25) is 0 Å². The molecule has 0 aromatic heterocycles. The molecule has 26 heavy (non-hydrogen) atoms. The molecule has 2 atom stereocenters. The van der Waals surface area contributed by atoms with Crippen molar-refractivity contribution in [1.82, 2.24) is 5.32 Å². The van der Waals surface area contributed by atoms with Crippen LogP contribution in [0.25, 0.3) is 0 Å².